The molecule has 0 unspecified atom stereocenters. The Morgan fingerprint density at radius 1 is 1.14 bits per heavy atom. The van der Waals surface area contributed by atoms with Gasteiger partial charge in [0.05, 0.1) is 13.2 Å². The molecule has 0 aliphatic heterocycles. The Balaban J connectivity index is 0. The van der Waals surface area contributed by atoms with E-state index in [9.17, 15) is 0 Å². The van der Waals surface area contributed by atoms with Crippen molar-refractivity contribution in [3.05, 3.63) is 0 Å². The largest absolute Gasteiger partial charge is 0.394 e. The van der Waals surface area contributed by atoms with Gasteiger partial charge in [-0.3, -0.25) is 0 Å². The van der Waals surface area contributed by atoms with E-state index >= 15 is 0 Å². The average molecular weight is 144 g/mol. The van der Waals surface area contributed by atoms with E-state index in [-0.39, 0.29) is 30.6 Å². The quantitative estimate of drug-likeness (QED) is 0.434. The summed E-state index contributed by atoms with van der Waals surface area (Å²) in [6, 6.07) is 0. The van der Waals surface area contributed by atoms with Crippen LogP contribution < -0.4 is 0 Å². The van der Waals surface area contributed by atoms with Gasteiger partial charge < -0.3 is 15.3 Å². The van der Waals surface area contributed by atoms with Crippen molar-refractivity contribution in [2.75, 3.05) is 13.2 Å². The first-order valence-corrected chi connectivity index (χ1v) is 1.71. The minimum Gasteiger partial charge on any atom is -0.394 e. The zero-order valence-corrected chi connectivity index (χ0v) is 5.02. The SMILES string of the molecule is OCC(O)CO.[Cr]. The van der Waals surface area contributed by atoms with Gasteiger partial charge >= 0.3 is 0 Å². The summed E-state index contributed by atoms with van der Waals surface area (Å²) in [4.78, 5) is 0. The van der Waals surface area contributed by atoms with Crippen molar-refractivity contribution in [1.29, 1.82) is 0 Å². The molecule has 44 valence electrons. The molecule has 0 aromatic carbocycles. The molecule has 0 aliphatic carbocycles. The molecule has 0 rings (SSSR count). The molecule has 3 nitrogen and oxygen atoms in total. The Kier molecular flexibility index (Phi) is 9.53. The molecule has 0 spiro atoms. The van der Waals surface area contributed by atoms with Gasteiger partial charge in [-0.1, -0.05) is 0 Å². The molecule has 4 heteroatoms. The zero-order chi connectivity index (χ0) is 4.99. The van der Waals surface area contributed by atoms with E-state index < -0.39 is 6.10 Å². The summed E-state index contributed by atoms with van der Waals surface area (Å²) in [5, 5.41) is 24.0. The van der Waals surface area contributed by atoms with Crippen molar-refractivity contribution in [3.63, 3.8) is 0 Å². The van der Waals surface area contributed by atoms with Crippen LogP contribution >= 0.6 is 0 Å². The average Bonchev–Trinajstić information content (AvgIpc) is 1.65. The van der Waals surface area contributed by atoms with E-state index in [1.54, 1.807) is 0 Å². The van der Waals surface area contributed by atoms with E-state index in [2.05, 4.69) is 0 Å². The molecule has 0 aromatic rings. The maximum absolute atomic E-state index is 8.17. The van der Waals surface area contributed by atoms with Crippen LogP contribution in [0.1, 0.15) is 0 Å². The third kappa shape index (κ3) is 6.41. The van der Waals surface area contributed by atoms with Gasteiger partial charge in [-0.05, 0) is 0 Å². The van der Waals surface area contributed by atoms with E-state index in [1.165, 1.54) is 0 Å². The molecule has 7 heavy (non-hydrogen) atoms. The summed E-state index contributed by atoms with van der Waals surface area (Å²) < 4.78 is 0. The Bertz CT molecular complexity index is 29.4. The van der Waals surface area contributed by atoms with Crippen LogP contribution in [0.3, 0.4) is 0 Å². The van der Waals surface area contributed by atoms with Gasteiger partial charge in [0.2, 0.25) is 0 Å². The van der Waals surface area contributed by atoms with Crippen molar-refractivity contribution < 1.29 is 32.7 Å². The van der Waals surface area contributed by atoms with Crippen LogP contribution in [0.25, 0.3) is 0 Å². The van der Waals surface area contributed by atoms with E-state index in [1.807, 2.05) is 0 Å². The molecule has 0 bridgehead atoms. The third-order valence-electron chi connectivity index (χ3n) is 0.421. The number of rotatable bonds is 2. The maximum Gasteiger partial charge on any atom is 0.100 e. The summed E-state index contributed by atoms with van der Waals surface area (Å²) in [7, 11) is 0. The molecule has 0 atom stereocenters. The minimum absolute atomic E-state index is 0. The molecule has 0 amide bonds. The smallest absolute Gasteiger partial charge is 0.100 e. The fourth-order valence-corrected chi connectivity index (χ4v) is 0.0577. The normalized spacial score (nSPS) is 8.57. The summed E-state index contributed by atoms with van der Waals surface area (Å²) >= 11 is 0. The number of aliphatic hydroxyl groups excluding tert-OH is 3. The predicted molar refractivity (Wildman–Crippen MR) is 20.2 cm³/mol. The first-order valence-electron chi connectivity index (χ1n) is 1.71. The first kappa shape index (κ1) is 10.4. The Morgan fingerprint density at radius 3 is 1.43 bits per heavy atom. The van der Waals surface area contributed by atoms with Crippen LogP contribution in [0.2, 0.25) is 0 Å². The van der Waals surface area contributed by atoms with Gasteiger partial charge in [0.15, 0.2) is 0 Å². The Labute approximate surface area is 52.7 Å². The molecule has 0 heterocycles. The molecule has 0 radical (unpaired) electrons. The number of hydrogen-bond acceptors (Lipinski definition) is 3. The summed E-state index contributed by atoms with van der Waals surface area (Å²) in [5.41, 5.74) is 0. The molecule has 3 N–H and O–H groups in total. The van der Waals surface area contributed by atoms with Gasteiger partial charge in [-0.15, -0.1) is 0 Å². The van der Waals surface area contributed by atoms with Crippen LogP contribution in [0.4, 0.5) is 0 Å². The van der Waals surface area contributed by atoms with Crippen LogP contribution in [0, 0.1) is 0 Å². The fraction of sp³-hybridized carbons (Fsp3) is 1.00. The Hall–Kier alpha value is 0.412. The van der Waals surface area contributed by atoms with Crippen molar-refractivity contribution >= 4 is 0 Å². The maximum atomic E-state index is 8.17. The second kappa shape index (κ2) is 6.41. The van der Waals surface area contributed by atoms with Crippen molar-refractivity contribution in [1.82, 2.24) is 0 Å². The Morgan fingerprint density at radius 2 is 1.43 bits per heavy atom. The molecule has 0 aromatic heterocycles. The molecule has 0 saturated heterocycles. The van der Waals surface area contributed by atoms with Crippen molar-refractivity contribution in [3.8, 4) is 0 Å². The fourth-order valence-electron chi connectivity index (χ4n) is 0.0577. The summed E-state index contributed by atoms with van der Waals surface area (Å²) in [6.07, 6.45) is -0.954. The van der Waals surface area contributed by atoms with E-state index in [0.717, 1.165) is 0 Å². The number of hydrogen-bond donors (Lipinski definition) is 3. The second-order valence-electron chi connectivity index (χ2n) is 1.02. The molecular weight excluding hydrogens is 136 g/mol. The van der Waals surface area contributed by atoms with Crippen LogP contribution in [0.5, 0.6) is 0 Å². The van der Waals surface area contributed by atoms with E-state index in [4.69, 9.17) is 15.3 Å². The van der Waals surface area contributed by atoms with Crippen molar-refractivity contribution in [2.45, 2.75) is 6.10 Å². The second-order valence-corrected chi connectivity index (χ2v) is 1.02. The van der Waals surface area contributed by atoms with Gasteiger partial charge in [0.1, 0.15) is 6.10 Å². The molecule has 0 fully saturated rings. The minimum atomic E-state index is -0.954. The van der Waals surface area contributed by atoms with Gasteiger partial charge in [-0.2, -0.15) is 0 Å². The first-order chi connectivity index (χ1) is 2.81. The van der Waals surface area contributed by atoms with Crippen molar-refractivity contribution in [2.24, 2.45) is 0 Å². The van der Waals surface area contributed by atoms with Gasteiger partial charge in [-0.25, -0.2) is 0 Å². The van der Waals surface area contributed by atoms with Gasteiger partial charge in [0.25, 0.3) is 0 Å². The third-order valence-corrected chi connectivity index (χ3v) is 0.421. The van der Waals surface area contributed by atoms with Gasteiger partial charge in [0, 0.05) is 17.4 Å². The summed E-state index contributed by atoms with van der Waals surface area (Å²) in [6.45, 7) is -0.729. The number of aliphatic hydroxyl groups is 3. The zero-order valence-electron chi connectivity index (χ0n) is 3.74. The molecular formula is C3H8CrO3. The van der Waals surface area contributed by atoms with Crippen LogP contribution in [-0.2, 0) is 17.4 Å². The monoisotopic (exact) mass is 144 g/mol. The predicted octanol–water partition coefficient (Wildman–Crippen LogP) is -1.67. The topological polar surface area (TPSA) is 60.7 Å². The summed E-state index contributed by atoms with van der Waals surface area (Å²) in [5.74, 6) is 0. The van der Waals surface area contributed by atoms with Crippen LogP contribution in [-0.4, -0.2) is 34.6 Å². The van der Waals surface area contributed by atoms with E-state index in [0.29, 0.717) is 0 Å². The standard InChI is InChI=1S/C3H8O3.Cr/c4-1-3(6)2-5;/h3-6H,1-2H2;. The molecule has 0 saturated carbocycles. The molecule has 0 aliphatic rings. The van der Waals surface area contributed by atoms with Crippen LogP contribution in [0.15, 0.2) is 0 Å².